The molecule has 0 saturated carbocycles. The van der Waals surface area contributed by atoms with Gasteiger partial charge in [0.05, 0.1) is 25.2 Å². The maximum atomic E-state index is 10.8. The molecule has 2 atom stereocenters. The van der Waals surface area contributed by atoms with Gasteiger partial charge < -0.3 is 9.80 Å². The molecule has 0 bridgehead atoms. The molecule has 0 radical (unpaired) electrons. The van der Waals surface area contributed by atoms with Crippen molar-refractivity contribution in [2.45, 2.75) is 44.7 Å². The molecule has 0 saturated heterocycles. The molecule has 0 N–H and O–H groups in total. The molecule has 266 valence electrons. The average Bonchev–Trinajstić information content (AvgIpc) is 3.90. The summed E-state index contributed by atoms with van der Waals surface area (Å²) in [4.78, 5) is 14.0. The third-order valence-electron chi connectivity index (χ3n) is 11.0. The normalized spacial score (nSPS) is 15.2. The Morgan fingerprint density at radius 3 is 1.85 bits per heavy atom. The van der Waals surface area contributed by atoms with Crippen LogP contribution in [-0.4, -0.2) is 59.7 Å². The van der Waals surface area contributed by atoms with Crippen LogP contribution in [0.4, 0.5) is 0 Å². The van der Waals surface area contributed by atoms with Crippen molar-refractivity contribution < 1.29 is 0 Å². The molecule has 0 fully saturated rings. The van der Waals surface area contributed by atoms with Crippen molar-refractivity contribution in [1.82, 2.24) is 9.80 Å². The molecule has 2 aliphatic heterocycles. The minimum atomic E-state index is -0.769. The Morgan fingerprint density at radius 2 is 1.11 bits per heavy atom. The van der Waals surface area contributed by atoms with Gasteiger partial charge in [-0.15, -0.1) is 0 Å². The number of hydrogen-bond acceptors (Lipinski definition) is 6. The summed E-state index contributed by atoms with van der Waals surface area (Å²) in [5.74, 6) is 1.50. The van der Waals surface area contributed by atoms with Crippen LogP contribution in [-0.2, 0) is 25.7 Å². The fourth-order valence-electron chi connectivity index (χ4n) is 8.35. The lowest BCUT2D eigenvalue weighted by Crippen LogP contribution is -2.53. The van der Waals surface area contributed by atoms with Crippen molar-refractivity contribution in [2.75, 3.05) is 26.2 Å². The first-order valence-electron chi connectivity index (χ1n) is 18.8. The summed E-state index contributed by atoms with van der Waals surface area (Å²) >= 11 is 6.94. The largest absolute Gasteiger partial charge is 0.336 e. The molecule has 8 rings (SSSR count). The quantitative estimate of drug-likeness (QED) is 0.134. The van der Waals surface area contributed by atoms with Crippen LogP contribution in [0.25, 0.3) is 21.5 Å². The summed E-state index contributed by atoms with van der Waals surface area (Å²) in [6.45, 7) is 4.40. The molecule has 2 heterocycles. The second-order valence-corrected chi connectivity index (χ2v) is 14.5. The van der Waals surface area contributed by atoms with E-state index in [0.29, 0.717) is 37.6 Å². The van der Waals surface area contributed by atoms with E-state index in [-0.39, 0.29) is 0 Å². The van der Waals surface area contributed by atoms with Crippen LogP contribution in [0, 0.1) is 29.6 Å². The van der Waals surface area contributed by atoms with Gasteiger partial charge in [-0.05, 0) is 88.0 Å². The van der Waals surface area contributed by atoms with Crippen LogP contribution in [0.5, 0.6) is 0 Å². The lowest BCUT2D eigenvalue weighted by atomic mass is 9.92. The second-order valence-electron chi connectivity index (χ2n) is 14.1. The molecule has 0 aliphatic carbocycles. The lowest BCUT2D eigenvalue weighted by molar-refractivity contribution is 0.272. The van der Waals surface area contributed by atoms with E-state index < -0.39 is 12.1 Å². The molecule has 2 aliphatic rings. The number of amidine groups is 2. The molecule has 54 heavy (non-hydrogen) atoms. The summed E-state index contributed by atoms with van der Waals surface area (Å²) in [5.41, 5.74) is 8.02. The van der Waals surface area contributed by atoms with Crippen molar-refractivity contribution in [3.8, 4) is 12.1 Å². The first-order valence-corrected chi connectivity index (χ1v) is 19.1. The minimum absolute atomic E-state index is 0.540. The van der Waals surface area contributed by atoms with Gasteiger partial charge in [0, 0.05) is 29.2 Å². The molecule has 6 aromatic carbocycles. The van der Waals surface area contributed by atoms with E-state index in [1.807, 2.05) is 34.1 Å². The van der Waals surface area contributed by atoms with Gasteiger partial charge >= 0.3 is 0 Å². The van der Waals surface area contributed by atoms with Crippen molar-refractivity contribution in [1.29, 1.82) is 10.5 Å². The number of halogens is 1. The number of fused-ring (bicyclic) bond motifs is 2. The zero-order chi connectivity index (χ0) is 37.0. The number of benzene rings is 6. The van der Waals surface area contributed by atoms with Gasteiger partial charge in [0.1, 0.15) is 11.7 Å². The molecule has 6 aromatic rings. The van der Waals surface area contributed by atoms with E-state index in [2.05, 4.69) is 116 Å². The van der Waals surface area contributed by atoms with Crippen molar-refractivity contribution >= 4 is 44.8 Å². The SMILES string of the molecule is Cc1ccc2ccccc2c1CCc1ccccc1C1=NCCN1C(C#N)C(C#N)N1CCN=C1c1cccc(Cl)c1CCc1cccc2ccccc12. The van der Waals surface area contributed by atoms with Crippen LogP contribution in [0.15, 0.2) is 131 Å². The van der Waals surface area contributed by atoms with Crippen molar-refractivity contribution in [3.05, 3.63) is 165 Å². The molecule has 2 unspecified atom stereocenters. The Morgan fingerprint density at radius 1 is 0.574 bits per heavy atom. The Labute approximate surface area is 322 Å². The Bertz CT molecular complexity index is 2500. The standard InChI is InChI=1S/C47H41ClN6/c1-32-20-21-35-11-3-6-16-39(35)37(32)24-22-36-12-4-7-17-40(36)46-51-26-28-53(46)44(30-49)45(31-50)54-29-27-52-47(54)42-18-9-19-43(48)41(42)25-23-34-14-8-13-33-10-2-5-15-38(33)34/h2-21,44-45H,22-29H2,1H3. The third-order valence-corrected chi connectivity index (χ3v) is 11.4. The van der Waals surface area contributed by atoms with Crippen molar-refractivity contribution in [2.24, 2.45) is 9.98 Å². The molecular formula is C47H41ClN6. The topological polar surface area (TPSA) is 78.8 Å². The number of hydrogen-bond donors (Lipinski definition) is 0. The highest BCUT2D eigenvalue weighted by molar-refractivity contribution is 6.32. The number of nitriles is 2. The Kier molecular flexibility index (Phi) is 10.1. The lowest BCUT2D eigenvalue weighted by Gasteiger charge is -2.35. The van der Waals surface area contributed by atoms with Crippen molar-refractivity contribution in [3.63, 3.8) is 0 Å². The van der Waals surface area contributed by atoms with Crippen LogP contribution < -0.4 is 0 Å². The van der Waals surface area contributed by atoms with E-state index in [9.17, 15) is 10.5 Å². The van der Waals surface area contributed by atoms with E-state index in [1.54, 1.807) is 0 Å². The third kappa shape index (κ3) is 6.71. The summed E-state index contributed by atoms with van der Waals surface area (Å²) in [7, 11) is 0. The summed E-state index contributed by atoms with van der Waals surface area (Å²) in [6.07, 6.45) is 3.24. The highest BCUT2D eigenvalue weighted by atomic mass is 35.5. The predicted octanol–water partition coefficient (Wildman–Crippen LogP) is 9.13. The smallest absolute Gasteiger partial charge is 0.152 e. The number of aliphatic imine (C=N–C) groups is 2. The fourth-order valence-corrected chi connectivity index (χ4v) is 8.62. The molecule has 0 aromatic heterocycles. The number of rotatable bonds is 11. The first kappa shape index (κ1) is 35.1. The zero-order valence-corrected chi connectivity index (χ0v) is 31.2. The molecule has 7 heteroatoms. The van der Waals surface area contributed by atoms with Crippen LogP contribution in [0.1, 0.15) is 38.9 Å². The Balaban J connectivity index is 1.05. The minimum Gasteiger partial charge on any atom is -0.336 e. The van der Waals surface area contributed by atoms with Gasteiger partial charge in [-0.3, -0.25) is 9.98 Å². The van der Waals surface area contributed by atoms with Crippen LogP contribution >= 0.6 is 11.6 Å². The molecular weight excluding hydrogens is 684 g/mol. The van der Waals surface area contributed by atoms with Gasteiger partial charge in [0.15, 0.2) is 12.1 Å². The molecule has 6 nitrogen and oxygen atoms in total. The highest BCUT2D eigenvalue weighted by Crippen LogP contribution is 2.30. The van der Waals surface area contributed by atoms with Gasteiger partial charge in [0.25, 0.3) is 0 Å². The van der Waals surface area contributed by atoms with E-state index >= 15 is 0 Å². The number of aryl methyl sites for hydroxylation is 4. The predicted molar refractivity (Wildman–Crippen MR) is 220 cm³/mol. The van der Waals surface area contributed by atoms with Gasteiger partial charge in [-0.1, -0.05) is 127 Å². The molecule has 0 spiro atoms. The monoisotopic (exact) mass is 724 g/mol. The van der Waals surface area contributed by atoms with Gasteiger partial charge in [0.2, 0.25) is 0 Å². The first-order chi connectivity index (χ1) is 26.6. The molecule has 0 amide bonds. The summed E-state index contributed by atoms with van der Waals surface area (Å²) < 4.78 is 0. The summed E-state index contributed by atoms with van der Waals surface area (Å²) in [5, 5.41) is 27.3. The zero-order valence-electron chi connectivity index (χ0n) is 30.4. The maximum Gasteiger partial charge on any atom is 0.152 e. The van der Waals surface area contributed by atoms with Gasteiger partial charge in [-0.2, -0.15) is 10.5 Å². The second kappa shape index (κ2) is 15.6. The Hall–Kier alpha value is -5.95. The van der Waals surface area contributed by atoms with E-state index in [4.69, 9.17) is 21.6 Å². The van der Waals surface area contributed by atoms with Gasteiger partial charge in [-0.25, -0.2) is 0 Å². The van der Waals surface area contributed by atoms with E-state index in [1.165, 1.54) is 43.8 Å². The number of nitrogens with zero attached hydrogens (tertiary/aromatic N) is 6. The fraction of sp³-hybridized carbons (Fsp3) is 0.234. The average molecular weight is 725 g/mol. The summed E-state index contributed by atoms with van der Waals surface area (Å²) in [6, 6.07) is 45.7. The highest BCUT2D eigenvalue weighted by Gasteiger charge is 2.39. The van der Waals surface area contributed by atoms with Crippen LogP contribution in [0.3, 0.4) is 0 Å². The van der Waals surface area contributed by atoms with Crippen LogP contribution in [0.2, 0.25) is 5.02 Å². The maximum absolute atomic E-state index is 10.8. The van der Waals surface area contributed by atoms with E-state index in [0.717, 1.165) is 47.6 Å².